The van der Waals surface area contributed by atoms with Gasteiger partial charge in [0.25, 0.3) is 5.91 Å². The van der Waals surface area contributed by atoms with Gasteiger partial charge in [-0.2, -0.15) is 5.10 Å². The Morgan fingerprint density at radius 1 is 1.29 bits per heavy atom. The standard InChI is InChI=1S/C18H20N2O4/c1-3-13-5-4-6-15(9-13)24-12-18(22)20-19-11-14-7-8-16(21)17(10-14)23-2/h4-11,21H,3,12H2,1-2H3,(H,20,22)/b19-11+. The summed E-state index contributed by atoms with van der Waals surface area (Å²) in [6, 6.07) is 12.4. The number of amides is 1. The fourth-order valence-corrected chi connectivity index (χ4v) is 1.99. The summed E-state index contributed by atoms with van der Waals surface area (Å²) in [5.74, 6) is 0.668. The number of carbonyl (C=O) groups is 1. The van der Waals surface area contributed by atoms with Gasteiger partial charge < -0.3 is 14.6 Å². The van der Waals surface area contributed by atoms with Crippen molar-refractivity contribution in [3.8, 4) is 17.2 Å². The Morgan fingerprint density at radius 3 is 2.88 bits per heavy atom. The number of hydrogen-bond donors (Lipinski definition) is 2. The van der Waals surface area contributed by atoms with Crippen molar-refractivity contribution in [2.24, 2.45) is 5.10 Å². The Morgan fingerprint density at radius 2 is 2.12 bits per heavy atom. The monoisotopic (exact) mass is 328 g/mol. The van der Waals surface area contributed by atoms with Crippen LogP contribution in [-0.2, 0) is 11.2 Å². The van der Waals surface area contributed by atoms with Crippen molar-refractivity contribution in [2.45, 2.75) is 13.3 Å². The molecule has 1 amide bonds. The van der Waals surface area contributed by atoms with E-state index in [0.717, 1.165) is 12.0 Å². The molecule has 0 aliphatic rings. The molecule has 0 aromatic heterocycles. The molecule has 2 rings (SSSR count). The largest absolute Gasteiger partial charge is 0.504 e. The van der Waals surface area contributed by atoms with Crippen LogP contribution in [0.1, 0.15) is 18.1 Å². The molecule has 24 heavy (non-hydrogen) atoms. The Bertz CT molecular complexity index is 729. The van der Waals surface area contributed by atoms with Crippen molar-refractivity contribution >= 4 is 12.1 Å². The first kappa shape index (κ1) is 17.3. The molecule has 0 unspecified atom stereocenters. The van der Waals surface area contributed by atoms with E-state index in [9.17, 15) is 9.90 Å². The highest BCUT2D eigenvalue weighted by Gasteiger charge is 2.03. The van der Waals surface area contributed by atoms with E-state index in [2.05, 4.69) is 17.5 Å². The number of nitrogens with zero attached hydrogens (tertiary/aromatic N) is 1. The molecule has 6 nitrogen and oxygen atoms in total. The highest BCUT2D eigenvalue weighted by atomic mass is 16.5. The Labute approximate surface area is 140 Å². The summed E-state index contributed by atoms with van der Waals surface area (Å²) in [4.78, 5) is 11.7. The molecule has 2 aromatic carbocycles. The maximum atomic E-state index is 11.7. The van der Waals surface area contributed by atoms with Gasteiger partial charge in [-0.05, 0) is 47.9 Å². The summed E-state index contributed by atoms with van der Waals surface area (Å²) in [5.41, 5.74) is 4.21. The molecule has 126 valence electrons. The number of phenols is 1. The number of hydrogen-bond acceptors (Lipinski definition) is 5. The molecule has 6 heteroatoms. The Balaban J connectivity index is 1.84. The molecule has 0 atom stereocenters. The normalized spacial score (nSPS) is 10.6. The first-order chi connectivity index (χ1) is 11.6. The molecular weight excluding hydrogens is 308 g/mol. The van der Waals surface area contributed by atoms with Gasteiger partial charge in [-0.25, -0.2) is 5.43 Å². The summed E-state index contributed by atoms with van der Waals surface area (Å²) in [7, 11) is 1.46. The second-order valence-corrected chi connectivity index (χ2v) is 5.01. The van der Waals surface area contributed by atoms with Gasteiger partial charge >= 0.3 is 0 Å². The first-order valence-electron chi connectivity index (χ1n) is 7.53. The van der Waals surface area contributed by atoms with E-state index < -0.39 is 0 Å². The summed E-state index contributed by atoms with van der Waals surface area (Å²) in [6.45, 7) is 1.93. The highest BCUT2D eigenvalue weighted by molar-refractivity contribution is 5.83. The van der Waals surface area contributed by atoms with Crippen LogP contribution in [0.3, 0.4) is 0 Å². The van der Waals surface area contributed by atoms with Crippen LogP contribution in [0, 0.1) is 0 Å². The van der Waals surface area contributed by atoms with Crippen LogP contribution in [0.4, 0.5) is 0 Å². The third-order valence-corrected chi connectivity index (χ3v) is 3.28. The zero-order valence-electron chi connectivity index (χ0n) is 13.7. The second-order valence-electron chi connectivity index (χ2n) is 5.01. The molecular formula is C18H20N2O4. The fourth-order valence-electron chi connectivity index (χ4n) is 1.99. The zero-order chi connectivity index (χ0) is 17.4. The number of ether oxygens (including phenoxy) is 2. The molecule has 0 radical (unpaired) electrons. The van der Waals surface area contributed by atoms with E-state index in [-0.39, 0.29) is 18.3 Å². The summed E-state index contributed by atoms with van der Waals surface area (Å²) in [5, 5.41) is 13.4. The lowest BCUT2D eigenvalue weighted by Gasteiger charge is -2.06. The number of methoxy groups -OCH3 is 1. The molecule has 0 spiro atoms. The van der Waals surface area contributed by atoms with Crippen LogP contribution in [0.25, 0.3) is 0 Å². The van der Waals surface area contributed by atoms with Gasteiger partial charge in [0, 0.05) is 0 Å². The Hall–Kier alpha value is -3.02. The summed E-state index contributed by atoms with van der Waals surface area (Å²) in [6.07, 6.45) is 2.36. The lowest BCUT2D eigenvalue weighted by molar-refractivity contribution is -0.123. The number of hydrazone groups is 1. The van der Waals surface area contributed by atoms with Gasteiger partial charge in [-0.15, -0.1) is 0 Å². The molecule has 0 bridgehead atoms. The first-order valence-corrected chi connectivity index (χ1v) is 7.53. The summed E-state index contributed by atoms with van der Waals surface area (Å²) < 4.78 is 10.4. The SMILES string of the molecule is CCc1cccc(OCC(=O)N/N=C/c2ccc(O)c(OC)c2)c1. The molecule has 0 saturated carbocycles. The van der Waals surface area contributed by atoms with Gasteiger partial charge in [0.1, 0.15) is 5.75 Å². The van der Waals surface area contributed by atoms with E-state index in [1.807, 2.05) is 18.2 Å². The maximum absolute atomic E-state index is 11.7. The number of benzene rings is 2. The number of phenolic OH excluding ortho intramolecular Hbond substituents is 1. The minimum atomic E-state index is -0.362. The minimum absolute atomic E-state index is 0.0430. The van der Waals surface area contributed by atoms with E-state index >= 15 is 0 Å². The smallest absolute Gasteiger partial charge is 0.277 e. The van der Waals surface area contributed by atoms with Crippen LogP contribution in [-0.4, -0.2) is 30.9 Å². The van der Waals surface area contributed by atoms with Crippen LogP contribution in [0.2, 0.25) is 0 Å². The number of rotatable bonds is 7. The number of aromatic hydroxyl groups is 1. The maximum Gasteiger partial charge on any atom is 0.277 e. The van der Waals surface area contributed by atoms with Gasteiger partial charge in [0.15, 0.2) is 18.1 Å². The number of carbonyl (C=O) groups excluding carboxylic acids is 1. The second kappa shape index (κ2) is 8.57. The molecule has 0 fully saturated rings. The van der Waals surface area contributed by atoms with Gasteiger partial charge in [0.2, 0.25) is 0 Å². The fraction of sp³-hybridized carbons (Fsp3) is 0.222. The van der Waals surface area contributed by atoms with Gasteiger partial charge in [-0.1, -0.05) is 19.1 Å². The third kappa shape index (κ3) is 5.01. The van der Waals surface area contributed by atoms with Crippen molar-refractivity contribution in [1.82, 2.24) is 5.43 Å². The third-order valence-electron chi connectivity index (χ3n) is 3.28. The lowest BCUT2D eigenvalue weighted by atomic mass is 10.2. The van der Waals surface area contributed by atoms with Crippen molar-refractivity contribution in [2.75, 3.05) is 13.7 Å². The topological polar surface area (TPSA) is 80.2 Å². The molecule has 0 aliphatic heterocycles. The number of aryl methyl sites for hydroxylation is 1. The van der Waals surface area contributed by atoms with Crippen LogP contribution in [0.5, 0.6) is 17.2 Å². The van der Waals surface area contributed by atoms with Crippen molar-refractivity contribution in [1.29, 1.82) is 0 Å². The van der Waals surface area contributed by atoms with E-state index in [1.54, 1.807) is 18.2 Å². The molecule has 0 saturated heterocycles. The Kier molecular flexibility index (Phi) is 6.19. The van der Waals surface area contributed by atoms with Gasteiger partial charge in [-0.3, -0.25) is 4.79 Å². The van der Waals surface area contributed by atoms with Crippen LogP contribution >= 0.6 is 0 Å². The van der Waals surface area contributed by atoms with E-state index in [4.69, 9.17) is 9.47 Å². The predicted octanol–water partition coefficient (Wildman–Crippen LogP) is 2.49. The van der Waals surface area contributed by atoms with Crippen molar-refractivity contribution in [3.05, 3.63) is 53.6 Å². The van der Waals surface area contributed by atoms with Crippen molar-refractivity contribution < 1.29 is 19.4 Å². The van der Waals surface area contributed by atoms with E-state index in [1.165, 1.54) is 19.4 Å². The molecule has 0 heterocycles. The highest BCUT2D eigenvalue weighted by Crippen LogP contribution is 2.25. The van der Waals surface area contributed by atoms with Crippen LogP contribution in [0.15, 0.2) is 47.6 Å². The average Bonchev–Trinajstić information content (AvgIpc) is 2.61. The molecule has 0 aliphatic carbocycles. The van der Waals surface area contributed by atoms with Gasteiger partial charge in [0.05, 0.1) is 13.3 Å². The summed E-state index contributed by atoms with van der Waals surface area (Å²) >= 11 is 0. The van der Waals surface area contributed by atoms with E-state index in [0.29, 0.717) is 17.1 Å². The predicted molar refractivity (Wildman–Crippen MR) is 91.7 cm³/mol. The number of nitrogens with one attached hydrogen (secondary N) is 1. The minimum Gasteiger partial charge on any atom is -0.504 e. The molecule has 2 N–H and O–H groups in total. The average molecular weight is 328 g/mol. The lowest BCUT2D eigenvalue weighted by Crippen LogP contribution is -2.24. The molecule has 2 aromatic rings. The zero-order valence-corrected chi connectivity index (χ0v) is 13.7. The van der Waals surface area contributed by atoms with Crippen LogP contribution < -0.4 is 14.9 Å². The quantitative estimate of drug-likeness (QED) is 0.604. The van der Waals surface area contributed by atoms with Crippen molar-refractivity contribution in [3.63, 3.8) is 0 Å².